The van der Waals surface area contributed by atoms with Crippen LogP contribution in [-0.4, -0.2) is 0 Å². The zero-order valence-electron chi connectivity index (χ0n) is 8.11. The van der Waals surface area contributed by atoms with Gasteiger partial charge in [0.15, 0.2) is 0 Å². The Balaban J connectivity index is 0.00000144. The van der Waals surface area contributed by atoms with E-state index in [-0.39, 0.29) is 32.7 Å². The molecule has 0 nitrogen and oxygen atoms in total. The predicted molar refractivity (Wildman–Crippen MR) is 52.8 cm³/mol. The van der Waals surface area contributed by atoms with Gasteiger partial charge in [-0.05, 0) is 18.4 Å². The Hall–Kier alpha value is 0.0639. The van der Waals surface area contributed by atoms with Gasteiger partial charge in [0.1, 0.15) is 0 Å². The molecule has 0 spiro atoms. The van der Waals surface area contributed by atoms with Crippen LogP contribution in [0, 0.1) is 12.5 Å². The molecule has 0 amide bonds. The maximum absolute atomic E-state index is 5.41. The van der Waals surface area contributed by atoms with E-state index < -0.39 is 0 Å². The van der Waals surface area contributed by atoms with E-state index in [1.807, 2.05) is 6.07 Å². The van der Waals surface area contributed by atoms with E-state index in [9.17, 15) is 0 Å². The second kappa shape index (κ2) is 7.47. The summed E-state index contributed by atoms with van der Waals surface area (Å²) in [5.41, 5.74) is 1.39. The Morgan fingerprint density at radius 3 is 2.46 bits per heavy atom. The van der Waals surface area contributed by atoms with Crippen LogP contribution in [0.15, 0.2) is 36.4 Å². The number of aryl methyl sites for hydroxylation is 1. The molecule has 0 N–H and O–H groups in total. The molecule has 1 heteroatoms. The Kier molecular flexibility index (Phi) is 7.50. The minimum absolute atomic E-state index is 0. The first kappa shape index (κ1) is 13.1. The second-order valence-corrected chi connectivity index (χ2v) is 3.19. The summed E-state index contributed by atoms with van der Waals surface area (Å²) in [7, 11) is 0. The minimum atomic E-state index is 0. The van der Waals surface area contributed by atoms with Crippen LogP contribution >= 0.6 is 0 Å². The fraction of sp³-hybridized carbons (Fsp3) is 0.333. The van der Waals surface area contributed by atoms with Crippen molar-refractivity contribution in [3.63, 3.8) is 0 Å². The first-order chi connectivity index (χ1) is 5.83. The van der Waals surface area contributed by atoms with E-state index in [1.165, 1.54) is 5.56 Å². The van der Waals surface area contributed by atoms with E-state index >= 15 is 0 Å². The van der Waals surface area contributed by atoms with Gasteiger partial charge in [0, 0.05) is 32.7 Å². The molecule has 1 radical (unpaired) electrons. The van der Waals surface area contributed by atoms with Crippen molar-refractivity contribution in [2.45, 2.75) is 19.8 Å². The van der Waals surface area contributed by atoms with Gasteiger partial charge >= 0.3 is 0 Å². The topological polar surface area (TPSA) is 0 Å². The Labute approximate surface area is 106 Å². The Morgan fingerprint density at radius 2 is 1.92 bits per heavy atom. The predicted octanol–water partition coefficient (Wildman–Crippen LogP) is 3.24. The number of rotatable bonds is 4. The molecule has 0 unspecified atom stereocenters. The van der Waals surface area contributed by atoms with Crippen molar-refractivity contribution in [2.24, 2.45) is 5.92 Å². The molecule has 0 saturated heterocycles. The van der Waals surface area contributed by atoms with Gasteiger partial charge in [-0.15, -0.1) is 0 Å². The monoisotopic (exact) mass is 248 g/mol. The van der Waals surface area contributed by atoms with Crippen LogP contribution in [0.2, 0.25) is 0 Å². The van der Waals surface area contributed by atoms with Gasteiger partial charge in [-0.3, -0.25) is 6.08 Å². The maximum atomic E-state index is 5.41. The van der Waals surface area contributed by atoms with E-state index in [0.717, 1.165) is 12.8 Å². The van der Waals surface area contributed by atoms with Gasteiger partial charge in [-0.2, -0.15) is 0 Å². The average molecular weight is 248 g/mol. The molecule has 0 saturated carbocycles. The summed E-state index contributed by atoms with van der Waals surface area (Å²) in [5, 5.41) is 0. The van der Waals surface area contributed by atoms with Crippen molar-refractivity contribution in [1.29, 1.82) is 0 Å². The molecule has 1 aromatic rings. The fourth-order valence-corrected chi connectivity index (χ4v) is 1.14. The minimum Gasteiger partial charge on any atom is -0.518 e. The molecule has 13 heavy (non-hydrogen) atoms. The van der Waals surface area contributed by atoms with Crippen molar-refractivity contribution < 1.29 is 32.7 Å². The summed E-state index contributed by atoms with van der Waals surface area (Å²) in [5.74, 6) is 0.519. The summed E-state index contributed by atoms with van der Waals surface area (Å²) in [6.45, 7) is 7.55. The third-order valence-electron chi connectivity index (χ3n) is 2.06. The fourth-order valence-electron chi connectivity index (χ4n) is 1.14. The van der Waals surface area contributed by atoms with Crippen molar-refractivity contribution in [3.8, 4) is 0 Å². The summed E-state index contributed by atoms with van der Waals surface area (Å²) >= 11 is 0. The molecule has 0 aromatic heterocycles. The number of hydrogen-bond acceptors (Lipinski definition) is 0. The molecule has 1 rings (SSSR count). The van der Waals surface area contributed by atoms with Crippen molar-refractivity contribution in [3.05, 3.63) is 48.6 Å². The molecule has 0 fully saturated rings. The smallest absolute Gasteiger partial charge is 0 e. The molecule has 0 bridgehead atoms. The summed E-state index contributed by atoms with van der Waals surface area (Å²) in [6.07, 6.45) is 4.03. The molecule has 1 aromatic carbocycles. The summed E-state index contributed by atoms with van der Waals surface area (Å²) in [6, 6.07) is 10.5. The van der Waals surface area contributed by atoms with E-state index in [0.29, 0.717) is 5.92 Å². The first-order valence-electron chi connectivity index (χ1n) is 4.42. The number of benzene rings is 1. The molecule has 0 aliphatic heterocycles. The molecular weight excluding hydrogens is 233 g/mol. The number of hydrogen-bond donors (Lipinski definition) is 0. The Morgan fingerprint density at radius 1 is 1.31 bits per heavy atom. The molecule has 0 aliphatic carbocycles. The van der Waals surface area contributed by atoms with Gasteiger partial charge in [-0.25, -0.2) is 0 Å². The van der Waals surface area contributed by atoms with Crippen molar-refractivity contribution >= 4 is 0 Å². The molecule has 0 aliphatic rings. The summed E-state index contributed by atoms with van der Waals surface area (Å²) < 4.78 is 0. The van der Waals surface area contributed by atoms with E-state index in [1.54, 1.807) is 6.08 Å². The van der Waals surface area contributed by atoms with E-state index in [2.05, 4.69) is 31.2 Å². The SMILES string of the molecule is [CH-]=C[C@@H](C)CCc1ccccc1.[Y]. The Bertz CT molecular complexity index is 228. The third-order valence-corrected chi connectivity index (χ3v) is 2.06. The maximum Gasteiger partial charge on any atom is 0 e. The third kappa shape index (κ3) is 5.38. The van der Waals surface area contributed by atoms with Crippen LogP contribution in [0.5, 0.6) is 0 Å². The average Bonchev–Trinajstić information content (AvgIpc) is 2.16. The molecule has 67 valence electrons. The van der Waals surface area contributed by atoms with Crippen molar-refractivity contribution in [2.75, 3.05) is 0 Å². The normalized spacial score (nSPS) is 11.5. The van der Waals surface area contributed by atoms with Crippen molar-refractivity contribution in [1.82, 2.24) is 0 Å². The second-order valence-electron chi connectivity index (χ2n) is 3.19. The first-order valence-corrected chi connectivity index (χ1v) is 4.42. The molecule has 1 atom stereocenters. The largest absolute Gasteiger partial charge is 0.518 e. The van der Waals surface area contributed by atoms with Gasteiger partial charge in [0.05, 0.1) is 0 Å². The van der Waals surface area contributed by atoms with E-state index in [4.69, 9.17) is 6.58 Å². The van der Waals surface area contributed by atoms with Gasteiger partial charge in [0.2, 0.25) is 0 Å². The quantitative estimate of drug-likeness (QED) is 0.717. The number of allylic oxidation sites excluding steroid dienone is 1. The molecular formula is C12H15Y-. The zero-order valence-corrected chi connectivity index (χ0v) is 10.9. The molecule has 0 heterocycles. The van der Waals surface area contributed by atoms with Crippen LogP contribution in [0.1, 0.15) is 18.9 Å². The van der Waals surface area contributed by atoms with Crippen LogP contribution in [0.4, 0.5) is 0 Å². The van der Waals surface area contributed by atoms with Crippen LogP contribution < -0.4 is 0 Å². The summed E-state index contributed by atoms with van der Waals surface area (Å²) in [4.78, 5) is 0. The van der Waals surface area contributed by atoms with Crippen LogP contribution in [-0.2, 0) is 39.1 Å². The van der Waals surface area contributed by atoms with Crippen LogP contribution in [0.3, 0.4) is 0 Å². The zero-order chi connectivity index (χ0) is 8.81. The standard InChI is InChI=1S/C12H15.Y/c1-3-11(2)9-10-12-7-5-4-6-8-12;/h1,3-8,11H,9-10H2,2H3;/q-1;/t11-;/m1./s1. The van der Waals surface area contributed by atoms with Crippen LogP contribution in [0.25, 0.3) is 0 Å². The van der Waals surface area contributed by atoms with Gasteiger partial charge in [0.25, 0.3) is 0 Å². The van der Waals surface area contributed by atoms with Gasteiger partial charge < -0.3 is 6.58 Å². The van der Waals surface area contributed by atoms with Gasteiger partial charge in [-0.1, -0.05) is 43.2 Å².